The first kappa shape index (κ1) is 28.5. The van der Waals surface area contributed by atoms with Gasteiger partial charge in [-0.25, -0.2) is 9.18 Å². The minimum absolute atomic E-state index is 0.307. The maximum absolute atomic E-state index is 14.2. The highest BCUT2D eigenvalue weighted by Crippen LogP contribution is 2.30. The molecule has 10 heteroatoms. The van der Waals surface area contributed by atoms with Gasteiger partial charge in [-0.05, 0) is 79.3 Å². The molecular formula is C28H30FN3O5S. The van der Waals surface area contributed by atoms with E-state index in [0.717, 1.165) is 11.0 Å². The molecule has 3 aromatic carbocycles. The van der Waals surface area contributed by atoms with Crippen LogP contribution in [0.15, 0.2) is 83.8 Å². The van der Waals surface area contributed by atoms with Crippen molar-refractivity contribution in [3.05, 3.63) is 90.3 Å². The van der Waals surface area contributed by atoms with E-state index in [1.807, 2.05) is 18.4 Å². The van der Waals surface area contributed by atoms with Crippen molar-refractivity contribution in [3.8, 4) is 5.75 Å². The normalized spacial score (nSPS) is 12.6. The van der Waals surface area contributed by atoms with Crippen LogP contribution in [0.4, 0.5) is 26.2 Å². The quantitative estimate of drug-likeness (QED) is 0.132. The molecule has 0 aliphatic carbocycles. The minimum Gasteiger partial charge on any atom is -0.505 e. The molecule has 38 heavy (non-hydrogen) atoms. The van der Waals surface area contributed by atoms with E-state index in [4.69, 9.17) is 15.2 Å². The summed E-state index contributed by atoms with van der Waals surface area (Å²) in [6.45, 7) is 0. The molecule has 0 radical (unpaired) electrons. The van der Waals surface area contributed by atoms with Gasteiger partial charge in [-0.15, -0.1) is 11.8 Å². The number of hydrogen-bond acceptors (Lipinski definition) is 7. The second-order valence-electron chi connectivity index (χ2n) is 8.22. The summed E-state index contributed by atoms with van der Waals surface area (Å²) in [5, 5.41) is 15.0. The zero-order chi connectivity index (χ0) is 27.5. The highest BCUT2D eigenvalue weighted by molar-refractivity contribution is 7.98. The Morgan fingerprint density at radius 1 is 1.11 bits per heavy atom. The van der Waals surface area contributed by atoms with Gasteiger partial charge in [-0.3, -0.25) is 10.1 Å². The van der Waals surface area contributed by atoms with Crippen molar-refractivity contribution in [1.29, 1.82) is 0 Å². The fourth-order valence-electron chi connectivity index (χ4n) is 3.62. The lowest BCUT2D eigenvalue weighted by Crippen LogP contribution is -2.28. The number of nitrogens with one attached hydrogen (secondary N) is 2. The molecule has 0 aromatic heterocycles. The summed E-state index contributed by atoms with van der Waals surface area (Å²) >= 11 is 1.57. The van der Waals surface area contributed by atoms with Crippen molar-refractivity contribution in [2.24, 2.45) is 0 Å². The number of carbonyl (C=O) groups excluding carboxylic acids is 2. The molecule has 0 spiro atoms. The van der Waals surface area contributed by atoms with E-state index in [-0.39, 0.29) is 5.91 Å². The first-order valence-corrected chi connectivity index (χ1v) is 13.0. The highest BCUT2D eigenvalue weighted by atomic mass is 32.2. The van der Waals surface area contributed by atoms with Gasteiger partial charge in [0.05, 0.1) is 17.5 Å². The summed E-state index contributed by atoms with van der Waals surface area (Å²) in [6, 6.07) is 17.9. The molecular weight excluding hydrogens is 509 g/mol. The second-order valence-corrected chi connectivity index (χ2v) is 9.10. The Kier molecular flexibility index (Phi) is 10.6. The summed E-state index contributed by atoms with van der Waals surface area (Å²) in [5.74, 6) is -1.72. The summed E-state index contributed by atoms with van der Waals surface area (Å²) in [5.41, 5.74) is 7.65. The summed E-state index contributed by atoms with van der Waals surface area (Å²) < 4.78 is 25.4. The Balaban J connectivity index is 1.68. The van der Waals surface area contributed by atoms with Crippen LogP contribution in [0.3, 0.4) is 0 Å². The molecule has 8 nitrogen and oxygen atoms in total. The largest absolute Gasteiger partial charge is 0.505 e. The van der Waals surface area contributed by atoms with Crippen LogP contribution in [0.2, 0.25) is 0 Å². The number of anilines is 3. The third-order valence-electron chi connectivity index (χ3n) is 5.62. The topological polar surface area (TPSA) is 123 Å². The van der Waals surface area contributed by atoms with Crippen LogP contribution in [0, 0.1) is 5.82 Å². The molecule has 0 saturated carbocycles. The zero-order valence-corrected chi connectivity index (χ0v) is 21.8. The maximum atomic E-state index is 14.2. The molecule has 0 aliphatic rings. The Labute approximate surface area is 225 Å². The number of nitrogens with two attached hydrogens (primary N) is 1. The minimum atomic E-state index is -0.994. The lowest BCUT2D eigenvalue weighted by molar-refractivity contribution is -0.111. The first-order chi connectivity index (χ1) is 18.3. The number of halogens is 1. The molecule has 0 saturated heterocycles. The maximum Gasteiger partial charge on any atom is 0.412 e. The van der Waals surface area contributed by atoms with Crippen molar-refractivity contribution in [2.75, 3.05) is 29.7 Å². The number of carbonyl (C=O) groups is 2. The molecule has 3 rings (SSSR count). The average molecular weight is 540 g/mol. The van der Waals surface area contributed by atoms with Gasteiger partial charge in [-0.1, -0.05) is 24.3 Å². The number of phenolic OH excluding ortho intramolecular Hbond substituents is 1. The van der Waals surface area contributed by atoms with Gasteiger partial charge in [0.25, 0.3) is 0 Å². The molecule has 200 valence electrons. The van der Waals surface area contributed by atoms with E-state index >= 15 is 0 Å². The van der Waals surface area contributed by atoms with Gasteiger partial charge < -0.3 is 25.6 Å². The van der Waals surface area contributed by atoms with Crippen molar-refractivity contribution in [3.63, 3.8) is 0 Å². The monoisotopic (exact) mass is 539 g/mol. The van der Waals surface area contributed by atoms with Crippen LogP contribution in [0.1, 0.15) is 24.5 Å². The van der Waals surface area contributed by atoms with Crippen molar-refractivity contribution >= 4 is 40.8 Å². The number of methoxy groups -OCH3 is 1. The Hall–Kier alpha value is -4.02. The van der Waals surface area contributed by atoms with Gasteiger partial charge in [0.2, 0.25) is 5.91 Å². The van der Waals surface area contributed by atoms with Gasteiger partial charge in [0, 0.05) is 17.7 Å². The van der Waals surface area contributed by atoms with Crippen LogP contribution >= 0.6 is 11.8 Å². The van der Waals surface area contributed by atoms with E-state index < -0.39 is 29.9 Å². The van der Waals surface area contributed by atoms with Gasteiger partial charge in [0.15, 0.2) is 17.7 Å². The second kappa shape index (κ2) is 14.1. The van der Waals surface area contributed by atoms with Crippen LogP contribution in [0.25, 0.3) is 0 Å². The number of thioether (sulfide) groups is 1. The number of phenols is 1. The lowest BCUT2D eigenvalue weighted by atomic mass is 10.00. The SMILES string of the molecule is CO[C@H](CC/C=C/C(=O)Nc1ccccc1N)[C@H](OC(=O)Nc1ccc(SC)cc1)c1ccc(O)c(F)c1. The molecule has 0 aliphatic heterocycles. The molecule has 0 unspecified atom stereocenters. The van der Waals surface area contributed by atoms with Gasteiger partial charge in [-0.2, -0.15) is 0 Å². The number of rotatable bonds is 11. The lowest BCUT2D eigenvalue weighted by Gasteiger charge is -2.26. The number of ether oxygens (including phenoxy) is 2. The van der Waals surface area contributed by atoms with E-state index in [1.165, 1.54) is 25.3 Å². The number of nitrogen functional groups attached to an aromatic ring is 1. The van der Waals surface area contributed by atoms with E-state index in [0.29, 0.717) is 35.5 Å². The van der Waals surface area contributed by atoms with Gasteiger partial charge in [0.1, 0.15) is 0 Å². The smallest absolute Gasteiger partial charge is 0.412 e. The van der Waals surface area contributed by atoms with Crippen LogP contribution < -0.4 is 16.4 Å². The standard InChI is InChI=1S/C28H30FN3O5S/c1-36-25(9-5-6-10-26(34)32-23-8-4-3-7-22(23)30)27(18-11-16-24(33)21(29)17-18)37-28(35)31-19-12-14-20(38-2)15-13-19/h3-4,6-8,10-17,25,27,33H,5,9,30H2,1-2H3,(H,31,35)(H,32,34)/b10-6+/t25-,27-/m1/s1. The zero-order valence-electron chi connectivity index (χ0n) is 21.0. The number of benzene rings is 3. The summed E-state index contributed by atoms with van der Waals surface area (Å²) in [4.78, 5) is 26.0. The van der Waals surface area contributed by atoms with Crippen molar-refractivity contribution < 1.29 is 28.6 Å². The molecule has 5 N–H and O–H groups in total. The van der Waals surface area contributed by atoms with Crippen molar-refractivity contribution in [2.45, 2.75) is 29.9 Å². The fourth-order valence-corrected chi connectivity index (χ4v) is 4.03. The Bertz CT molecular complexity index is 1270. The number of hydrogen-bond donors (Lipinski definition) is 4. The van der Waals surface area contributed by atoms with Crippen molar-refractivity contribution in [1.82, 2.24) is 0 Å². The number of allylic oxidation sites excluding steroid dienone is 1. The Morgan fingerprint density at radius 3 is 2.50 bits per heavy atom. The average Bonchev–Trinajstić information content (AvgIpc) is 2.91. The van der Waals surface area contributed by atoms with Crippen LogP contribution in [0.5, 0.6) is 5.75 Å². The third-order valence-corrected chi connectivity index (χ3v) is 6.36. The molecule has 2 amide bonds. The van der Waals surface area contributed by atoms with Crippen LogP contribution in [-0.2, 0) is 14.3 Å². The molecule has 3 aromatic rings. The third kappa shape index (κ3) is 8.25. The molecule has 0 heterocycles. The summed E-state index contributed by atoms with van der Waals surface area (Å²) in [6.07, 6.45) is 3.29. The van der Waals surface area contributed by atoms with Gasteiger partial charge >= 0.3 is 6.09 Å². The number of aromatic hydroxyl groups is 1. The van der Waals surface area contributed by atoms with E-state index in [1.54, 1.807) is 54.2 Å². The summed E-state index contributed by atoms with van der Waals surface area (Å²) in [7, 11) is 1.45. The molecule has 0 bridgehead atoms. The van der Waals surface area contributed by atoms with Crippen LogP contribution in [-0.4, -0.2) is 36.6 Å². The van der Waals surface area contributed by atoms with E-state index in [2.05, 4.69) is 10.6 Å². The predicted octanol–water partition coefficient (Wildman–Crippen LogP) is 6.12. The fraction of sp³-hybridized carbons (Fsp3) is 0.214. The number of para-hydroxylation sites is 2. The molecule has 2 atom stereocenters. The highest BCUT2D eigenvalue weighted by Gasteiger charge is 2.28. The van der Waals surface area contributed by atoms with E-state index in [9.17, 15) is 19.1 Å². The number of amides is 2. The first-order valence-electron chi connectivity index (χ1n) is 11.8. The predicted molar refractivity (Wildman–Crippen MR) is 148 cm³/mol. The molecule has 0 fully saturated rings. The Morgan fingerprint density at radius 2 is 1.84 bits per heavy atom.